The second-order valence-electron chi connectivity index (χ2n) is 3.82. The molecule has 0 fully saturated rings. The van der Waals surface area contributed by atoms with E-state index in [1.54, 1.807) is 12.1 Å². The summed E-state index contributed by atoms with van der Waals surface area (Å²) in [5.74, 6) is -0.736. The van der Waals surface area contributed by atoms with Crippen molar-refractivity contribution in [2.24, 2.45) is 5.73 Å². The van der Waals surface area contributed by atoms with Crippen LogP contribution in [0.3, 0.4) is 0 Å². The second-order valence-corrected chi connectivity index (χ2v) is 5.88. The predicted molar refractivity (Wildman–Crippen MR) is 75.0 cm³/mol. The van der Waals surface area contributed by atoms with Gasteiger partial charge in [0.1, 0.15) is 4.90 Å². The molecule has 1 amide bonds. The van der Waals surface area contributed by atoms with Gasteiger partial charge in [-0.1, -0.05) is 23.7 Å². The van der Waals surface area contributed by atoms with Crippen LogP contribution in [-0.4, -0.2) is 19.3 Å². The smallest absolute Gasteiger partial charge is 0.264 e. The first-order valence-corrected chi connectivity index (χ1v) is 7.29. The van der Waals surface area contributed by atoms with Crippen molar-refractivity contribution >= 4 is 33.2 Å². The lowest BCUT2D eigenvalue weighted by Gasteiger charge is -2.11. The summed E-state index contributed by atoms with van der Waals surface area (Å²) in [5, 5.41) is 0.0315. The van der Waals surface area contributed by atoms with Crippen LogP contribution in [0.25, 0.3) is 0 Å². The van der Waals surface area contributed by atoms with Gasteiger partial charge in [-0.15, -0.1) is 0 Å². The molecule has 1 aromatic carbocycles. The molecule has 3 N–H and O–H groups in total. The Morgan fingerprint density at radius 1 is 1.25 bits per heavy atom. The molecular formula is C12H10ClN3O3S. The number of pyridine rings is 1. The van der Waals surface area contributed by atoms with Gasteiger partial charge in [0.25, 0.3) is 15.9 Å². The number of aromatic nitrogens is 1. The van der Waals surface area contributed by atoms with Crippen molar-refractivity contribution in [2.45, 2.75) is 4.90 Å². The summed E-state index contributed by atoms with van der Waals surface area (Å²) in [6.45, 7) is 0. The van der Waals surface area contributed by atoms with Crippen molar-refractivity contribution in [3.63, 3.8) is 0 Å². The Morgan fingerprint density at radius 2 is 1.95 bits per heavy atom. The van der Waals surface area contributed by atoms with Gasteiger partial charge in [-0.05, 0) is 18.2 Å². The summed E-state index contributed by atoms with van der Waals surface area (Å²) >= 11 is 5.83. The SMILES string of the molecule is NC(=O)c1ccccc1NS(=O)(=O)c1cnccc1Cl. The highest BCUT2D eigenvalue weighted by Gasteiger charge is 2.20. The van der Waals surface area contributed by atoms with E-state index >= 15 is 0 Å². The first-order valence-electron chi connectivity index (χ1n) is 5.43. The van der Waals surface area contributed by atoms with E-state index in [2.05, 4.69) is 9.71 Å². The molecule has 6 nitrogen and oxygen atoms in total. The van der Waals surface area contributed by atoms with Crippen molar-refractivity contribution in [1.29, 1.82) is 0 Å². The molecule has 2 rings (SSSR count). The molecule has 0 aliphatic heterocycles. The molecule has 0 atom stereocenters. The number of nitrogens with one attached hydrogen (secondary N) is 1. The monoisotopic (exact) mass is 311 g/mol. The van der Waals surface area contributed by atoms with Crippen molar-refractivity contribution in [1.82, 2.24) is 4.98 Å². The molecule has 0 saturated carbocycles. The summed E-state index contributed by atoms with van der Waals surface area (Å²) in [6, 6.07) is 7.37. The molecule has 20 heavy (non-hydrogen) atoms. The number of hydrogen-bond acceptors (Lipinski definition) is 4. The van der Waals surface area contributed by atoms with Gasteiger partial charge < -0.3 is 5.73 Å². The number of nitrogens with zero attached hydrogens (tertiary/aromatic N) is 1. The number of carbonyl (C=O) groups is 1. The Balaban J connectivity index is 2.45. The predicted octanol–water partition coefficient (Wildman–Crippen LogP) is 1.63. The van der Waals surface area contributed by atoms with Crippen molar-refractivity contribution in [3.05, 3.63) is 53.3 Å². The van der Waals surface area contributed by atoms with E-state index < -0.39 is 15.9 Å². The van der Waals surface area contributed by atoms with Crippen LogP contribution in [0.1, 0.15) is 10.4 Å². The zero-order valence-corrected chi connectivity index (χ0v) is 11.6. The summed E-state index contributed by atoms with van der Waals surface area (Å²) in [4.78, 5) is 14.8. The normalized spacial score (nSPS) is 11.1. The molecule has 1 aromatic heterocycles. The van der Waals surface area contributed by atoms with Crippen LogP contribution in [-0.2, 0) is 10.0 Å². The van der Waals surface area contributed by atoms with Gasteiger partial charge in [-0.25, -0.2) is 8.42 Å². The van der Waals surface area contributed by atoms with E-state index in [1.807, 2.05) is 0 Å². The van der Waals surface area contributed by atoms with Gasteiger partial charge in [-0.3, -0.25) is 14.5 Å². The Kier molecular flexibility index (Phi) is 3.91. The molecule has 0 bridgehead atoms. The van der Waals surface area contributed by atoms with E-state index in [9.17, 15) is 13.2 Å². The molecule has 0 aliphatic rings. The molecule has 2 aromatic rings. The van der Waals surface area contributed by atoms with E-state index in [-0.39, 0.29) is 21.2 Å². The summed E-state index contributed by atoms with van der Waals surface area (Å²) in [7, 11) is -3.95. The van der Waals surface area contributed by atoms with Gasteiger partial charge in [0, 0.05) is 12.4 Å². The molecule has 104 valence electrons. The number of benzene rings is 1. The lowest BCUT2D eigenvalue weighted by atomic mass is 10.2. The molecule has 8 heteroatoms. The number of primary amides is 1. The number of amides is 1. The van der Waals surface area contributed by atoms with Gasteiger partial charge >= 0.3 is 0 Å². The fourth-order valence-corrected chi connectivity index (χ4v) is 3.06. The summed E-state index contributed by atoms with van der Waals surface area (Å²) in [5.41, 5.74) is 5.34. The van der Waals surface area contributed by atoms with Crippen LogP contribution in [0.15, 0.2) is 47.6 Å². The molecule has 0 aliphatic carbocycles. The Morgan fingerprint density at radius 3 is 2.60 bits per heavy atom. The molecule has 0 spiro atoms. The molecule has 1 heterocycles. The maximum atomic E-state index is 12.2. The number of carbonyl (C=O) groups excluding carboxylic acids is 1. The van der Waals surface area contributed by atoms with Crippen molar-refractivity contribution in [3.8, 4) is 0 Å². The van der Waals surface area contributed by atoms with Gasteiger partial charge in [0.05, 0.1) is 16.3 Å². The van der Waals surface area contributed by atoms with Crippen LogP contribution in [0.5, 0.6) is 0 Å². The lowest BCUT2D eigenvalue weighted by Crippen LogP contribution is -2.19. The van der Waals surface area contributed by atoms with Gasteiger partial charge in [0.15, 0.2) is 0 Å². The number of halogens is 1. The van der Waals surface area contributed by atoms with E-state index in [1.165, 1.54) is 24.4 Å². The van der Waals surface area contributed by atoms with Crippen LogP contribution >= 0.6 is 11.6 Å². The highest BCUT2D eigenvalue weighted by Crippen LogP contribution is 2.24. The van der Waals surface area contributed by atoms with Crippen molar-refractivity contribution < 1.29 is 13.2 Å². The molecule has 0 radical (unpaired) electrons. The number of sulfonamides is 1. The Bertz CT molecular complexity index is 762. The molecular weight excluding hydrogens is 302 g/mol. The number of nitrogens with two attached hydrogens (primary N) is 1. The minimum absolute atomic E-state index is 0.0315. The number of hydrogen-bond donors (Lipinski definition) is 2. The Labute approximate surface area is 120 Å². The van der Waals surface area contributed by atoms with Gasteiger partial charge in [0.2, 0.25) is 0 Å². The topological polar surface area (TPSA) is 102 Å². The van der Waals surface area contributed by atoms with Crippen LogP contribution in [0.4, 0.5) is 5.69 Å². The van der Waals surface area contributed by atoms with Crippen LogP contribution < -0.4 is 10.5 Å². The maximum Gasteiger partial charge on any atom is 0.264 e. The second kappa shape index (κ2) is 5.48. The molecule has 0 unspecified atom stereocenters. The molecule has 0 saturated heterocycles. The van der Waals surface area contributed by atoms with Crippen LogP contribution in [0.2, 0.25) is 5.02 Å². The third-order valence-corrected chi connectivity index (χ3v) is 4.30. The first-order chi connectivity index (χ1) is 9.42. The minimum atomic E-state index is -3.95. The van der Waals surface area contributed by atoms with E-state index in [4.69, 9.17) is 17.3 Å². The summed E-state index contributed by atoms with van der Waals surface area (Å²) < 4.78 is 26.7. The fraction of sp³-hybridized carbons (Fsp3) is 0. The van der Waals surface area contributed by atoms with E-state index in [0.29, 0.717) is 0 Å². The quantitative estimate of drug-likeness (QED) is 0.895. The van der Waals surface area contributed by atoms with Gasteiger partial charge in [-0.2, -0.15) is 0 Å². The summed E-state index contributed by atoms with van der Waals surface area (Å²) in [6.07, 6.45) is 2.50. The zero-order valence-electron chi connectivity index (χ0n) is 10.1. The lowest BCUT2D eigenvalue weighted by molar-refractivity contribution is 0.100. The fourth-order valence-electron chi connectivity index (χ4n) is 1.55. The minimum Gasteiger partial charge on any atom is -0.366 e. The third kappa shape index (κ3) is 2.89. The largest absolute Gasteiger partial charge is 0.366 e. The third-order valence-electron chi connectivity index (χ3n) is 2.46. The standard InChI is InChI=1S/C12H10ClN3O3S/c13-9-5-6-15-7-11(9)20(18,19)16-10-4-2-1-3-8(10)12(14)17/h1-7,16H,(H2,14,17). The highest BCUT2D eigenvalue weighted by molar-refractivity contribution is 7.92. The number of rotatable bonds is 4. The van der Waals surface area contributed by atoms with E-state index in [0.717, 1.165) is 6.20 Å². The average Bonchev–Trinajstić information content (AvgIpc) is 2.39. The van der Waals surface area contributed by atoms with Crippen molar-refractivity contribution in [2.75, 3.05) is 4.72 Å². The number of anilines is 1. The average molecular weight is 312 g/mol. The Hall–Kier alpha value is -2.12. The maximum absolute atomic E-state index is 12.2. The number of para-hydroxylation sites is 1. The zero-order chi connectivity index (χ0) is 14.8. The first kappa shape index (κ1) is 14.3. The highest BCUT2D eigenvalue weighted by atomic mass is 35.5. The van der Waals surface area contributed by atoms with Crippen LogP contribution in [0, 0.1) is 0 Å².